The zero-order valence-electron chi connectivity index (χ0n) is 9.03. The highest BCUT2D eigenvalue weighted by atomic mass is 16.2. The number of carbonyl (C=O) groups excluding carboxylic acids is 1. The molecule has 2 N–H and O–H groups in total. The van der Waals surface area contributed by atoms with Crippen LogP contribution < -0.4 is 10.6 Å². The van der Waals surface area contributed by atoms with E-state index in [4.69, 9.17) is 0 Å². The summed E-state index contributed by atoms with van der Waals surface area (Å²) in [7, 11) is 0. The summed E-state index contributed by atoms with van der Waals surface area (Å²) in [5.41, 5.74) is -0.0977. The fraction of sp³-hybridized carbons (Fsp3) is 0.900. The molecule has 0 atom stereocenters. The Morgan fingerprint density at radius 1 is 1.31 bits per heavy atom. The average molecular weight is 184 g/mol. The van der Waals surface area contributed by atoms with Crippen molar-refractivity contribution in [3.8, 4) is 0 Å². The van der Waals surface area contributed by atoms with Crippen molar-refractivity contribution in [3.63, 3.8) is 0 Å². The number of amides is 2. The van der Waals surface area contributed by atoms with Gasteiger partial charge < -0.3 is 10.6 Å². The SMILES string of the molecule is CC(C)(C)NC(=O)NC1(C)CCC1. The molecule has 1 saturated carbocycles. The molecule has 0 aromatic carbocycles. The second kappa shape index (κ2) is 3.20. The molecule has 0 aromatic heterocycles. The maximum atomic E-state index is 11.4. The van der Waals surface area contributed by atoms with E-state index in [-0.39, 0.29) is 17.1 Å². The summed E-state index contributed by atoms with van der Waals surface area (Å²) < 4.78 is 0. The molecule has 3 heteroatoms. The summed E-state index contributed by atoms with van der Waals surface area (Å²) in [6, 6.07) is -0.0466. The molecule has 0 heterocycles. The van der Waals surface area contributed by atoms with Gasteiger partial charge in [-0.3, -0.25) is 0 Å². The molecule has 0 bridgehead atoms. The van der Waals surface area contributed by atoms with Crippen LogP contribution >= 0.6 is 0 Å². The molecule has 76 valence electrons. The first kappa shape index (κ1) is 10.4. The molecule has 13 heavy (non-hydrogen) atoms. The van der Waals surface area contributed by atoms with Crippen LogP contribution in [0.15, 0.2) is 0 Å². The highest BCUT2D eigenvalue weighted by Gasteiger charge is 2.33. The Hall–Kier alpha value is -0.730. The van der Waals surface area contributed by atoms with Crippen LogP contribution in [0.25, 0.3) is 0 Å². The van der Waals surface area contributed by atoms with Gasteiger partial charge in [0.15, 0.2) is 0 Å². The third-order valence-corrected chi connectivity index (χ3v) is 2.36. The highest BCUT2D eigenvalue weighted by Crippen LogP contribution is 2.30. The Bertz CT molecular complexity index is 201. The van der Waals surface area contributed by atoms with Crippen molar-refractivity contribution in [2.75, 3.05) is 0 Å². The summed E-state index contributed by atoms with van der Waals surface area (Å²) in [5, 5.41) is 5.89. The fourth-order valence-corrected chi connectivity index (χ4v) is 1.48. The van der Waals surface area contributed by atoms with Gasteiger partial charge in [-0.15, -0.1) is 0 Å². The monoisotopic (exact) mass is 184 g/mol. The number of nitrogens with one attached hydrogen (secondary N) is 2. The largest absolute Gasteiger partial charge is 0.334 e. The Labute approximate surface area is 80.3 Å². The molecule has 1 fully saturated rings. The lowest BCUT2D eigenvalue weighted by molar-refractivity contribution is 0.185. The number of rotatable bonds is 1. The highest BCUT2D eigenvalue weighted by molar-refractivity contribution is 5.75. The fourth-order valence-electron chi connectivity index (χ4n) is 1.48. The first-order chi connectivity index (χ1) is 5.81. The quantitative estimate of drug-likeness (QED) is 0.643. The van der Waals surface area contributed by atoms with E-state index < -0.39 is 0 Å². The first-order valence-corrected chi connectivity index (χ1v) is 4.91. The second-order valence-corrected chi connectivity index (χ2v) is 5.24. The standard InChI is InChI=1S/C10H20N2O/c1-9(2,3)11-8(13)12-10(4)6-5-7-10/h5-7H2,1-4H3,(H2,11,12,13). The van der Waals surface area contributed by atoms with Crippen LogP contribution in [0, 0.1) is 0 Å². The van der Waals surface area contributed by atoms with Gasteiger partial charge in [-0.25, -0.2) is 4.79 Å². The molecular weight excluding hydrogens is 164 g/mol. The Morgan fingerprint density at radius 2 is 1.85 bits per heavy atom. The van der Waals surface area contributed by atoms with Crippen LogP contribution in [0.3, 0.4) is 0 Å². The smallest absolute Gasteiger partial charge is 0.315 e. The zero-order chi connectivity index (χ0) is 10.1. The molecule has 0 radical (unpaired) electrons. The van der Waals surface area contributed by atoms with E-state index >= 15 is 0 Å². The van der Waals surface area contributed by atoms with Crippen molar-refractivity contribution in [1.82, 2.24) is 10.6 Å². The maximum absolute atomic E-state index is 11.4. The van der Waals surface area contributed by atoms with Crippen LogP contribution in [-0.4, -0.2) is 17.1 Å². The van der Waals surface area contributed by atoms with Crippen LogP contribution in [-0.2, 0) is 0 Å². The van der Waals surface area contributed by atoms with Crippen LogP contribution in [0.5, 0.6) is 0 Å². The van der Waals surface area contributed by atoms with Gasteiger partial charge >= 0.3 is 6.03 Å². The number of hydrogen-bond donors (Lipinski definition) is 2. The Kier molecular flexibility index (Phi) is 2.55. The van der Waals surface area contributed by atoms with Crippen LogP contribution in [0.4, 0.5) is 4.79 Å². The van der Waals surface area contributed by atoms with E-state index in [1.165, 1.54) is 6.42 Å². The minimum atomic E-state index is -0.149. The van der Waals surface area contributed by atoms with Crippen molar-refractivity contribution in [3.05, 3.63) is 0 Å². The van der Waals surface area contributed by atoms with Gasteiger partial charge in [0.05, 0.1) is 0 Å². The van der Waals surface area contributed by atoms with E-state index in [0.29, 0.717) is 0 Å². The van der Waals surface area contributed by atoms with Crippen LogP contribution in [0.2, 0.25) is 0 Å². The summed E-state index contributed by atoms with van der Waals surface area (Å²) in [4.78, 5) is 11.4. The van der Waals surface area contributed by atoms with Crippen molar-refractivity contribution < 1.29 is 4.79 Å². The molecule has 1 rings (SSSR count). The topological polar surface area (TPSA) is 41.1 Å². The summed E-state index contributed by atoms with van der Waals surface area (Å²) >= 11 is 0. The van der Waals surface area contributed by atoms with E-state index in [1.54, 1.807) is 0 Å². The molecular formula is C10H20N2O. The van der Waals surface area contributed by atoms with Crippen molar-refractivity contribution in [1.29, 1.82) is 0 Å². The lowest BCUT2D eigenvalue weighted by atomic mass is 9.79. The van der Waals surface area contributed by atoms with E-state index in [0.717, 1.165) is 12.8 Å². The molecule has 0 aromatic rings. The predicted molar refractivity (Wildman–Crippen MR) is 53.7 cm³/mol. The first-order valence-electron chi connectivity index (χ1n) is 4.91. The summed E-state index contributed by atoms with van der Waals surface area (Å²) in [6.45, 7) is 8.04. The normalized spacial score (nSPS) is 20.3. The average Bonchev–Trinajstić information content (AvgIpc) is 1.79. The molecule has 0 aliphatic heterocycles. The van der Waals surface area contributed by atoms with Gasteiger partial charge in [-0.2, -0.15) is 0 Å². The second-order valence-electron chi connectivity index (χ2n) is 5.24. The maximum Gasteiger partial charge on any atom is 0.315 e. The van der Waals surface area contributed by atoms with Gasteiger partial charge in [0, 0.05) is 11.1 Å². The number of hydrogen-bond acceptors (Lipinski definition) is 1. The van der Waals surface area contributed by atoms with Gasteiger partial charge in [-0.05, 0) is 47.0 Å². The van der Waals surface area contributed by atoms with E-state index in [2.05, 4.69) is 17.6 Å². The molecule has 1 aliphatic carbocycles. The van der Waals surface area contributed by atoms with Gasteiger partial charge in [0.1, 0.15) is 0 Å². The Morgan fingerprint density at radius 3 is 2.15 bits per heavy atom. The van der Waals surface area contributed by atoms with Gasteiger partial charge in [-0.1, -0.05) is 0 Å². The molecule has 0 unspecified atom stereocenters. The molecule has 1 aliphatic rings. The van der Waals surface area contributed by atoms with Crippen LogP contribution in [0.1, 0.15) is 47.0 Å². The minimum Gasteiger partial charge on any atom is -0.334 e. The van der Waals surface area contributed by atoms with Gasteiger partial charge in [0.25, 0.3) is 0 Å². The van der Waals surface area contributed by atoms with Crippen molar-refractivity contribution in [2.45, 2.75) is 58.0 Å². The van der Waals surface area contributed by atoms with E-state index in [9.17, 15) is 4.79 Å². The van der Waals surface area contributed by atoms with Crippen molar-refractivity contribution in [2.24, 2.45) is 0 Å². The lowest BCUT2D eigenvalue weighted by Gasteiger charge is -2.39. The molecule has 0 saturated heterocycles. The molecule has 0 spiro atoms. The number of carbonyl (C=O) groups is 1. The lowest BCUT2D eigenvalue weighted by Crippen LogP contribution is -2.57. The third-order valence-electron chi connectivity index (χ3n) is 2.36. The Balaban J connectivity index is 2.33. The minimum absolute atomic E-state index is 0.0466. The molecule has 3 nitrogen and oxygen atoms in total. The zero-order valence-corrected chi connectivity index (χ0v) is 9.03. The number of urea groups is 1. The van der Waals surface area contributed by atoms with Gasteiger partial charge in [0.2, 0.25) is 0 Å². The summed E-state index contributed by atoms with van der Waals surface area (Å²) in [5.74, 6) is 0. The summed E-state index contributed by atoms with van der Waals surface area (Å²) in [6.07, 6.45) is 3.43. The predicted octanol–water partition coefficient (Wildman–Crippen LogP) is 2.03. The molecule has 2 amide bonds. The van der Waals surface area contributed by atoms with Crippen molar-refractivity contribution >= 4 is 6.03 Å². The van der Waals surface area contributed by atoms with E-state index in [1.807, 2.05) is 20.8 Å². The third kappa shape index (κ3) is 3.25.